The predicted octanol–water partition coefficient (Wildman–Crippen LogP) is 3.12. The van der Waals surface area contributed by atoms with Crippen LogP contribution in [0.1, 0.15) is 48.6 Å². The molecule has 1 atom stereocenters. The lowest BCUT2D eigenvalue weighted by Gasteiger charge is -1.92. The second kappa shape index (κ2) is 4.82. The smallest absolute Gasteiger partial charge is 0.268 e. The molecule has 0 aromatic carbocycles. The predicted molar refractivity (Wildman–Crippen MR) is 69.5 cm³/mol. The monoisotopic (exact) mass is 264 g/mol. The number of nitrogens with zero attached hydrogens (tertiary/aromatic N) is 2. The molecule has 4 nitrogen and oxygen atoms in total. The first-order valence-corrected chi connectivity index (χ1v) is 7.19. The average molecular weight is 264 g/mol. The summed E-state index contributed by atoms with van der Waals surface area (Å²) in [5.74, 6) is 0.887. The maximum absolute atomic E-state index is 9.40. The maximum Gasteiger partial charge on any atom is 0.268 e. The lowest BCUT2D eigenvalue weighted by atomic mass is 10.1. The summed E-state index contributed by atoms with van der Waals surface area (Å²) in [4.78, 5) is 6.72. The molecule has 2 aromatic rings. The van der Waals surface area contributed by atoms with Gasteiger partial charge in [0.15, 0.2) is 5.82 Å². The Morgan fingerprint density at radius 1 is 1.33 bits per heavy atom. The average Bonchev–Trinajstić information content (AvgIpc) is 2.92. The van der Waals surface area contributed by atoms with Crippen LogP contribution >= 0.6 is 11.3 Å². The van der Waals surface area contributed by atoms with Crippen molar-refractivity contribution in [3.8, 4) is 10.8 Å². The van der Waals surface area contributed by atoms with E-state index in [0.29, 0.717) is 11.7 Å². The lowest BCUT2D eigenvalue weighted by Crippen LogP contribution is -1.92. The molecule has 1 aliphatic rings. The van der Waals surface area contributed by atoms with E-state index in [4.69, 9.17) is 4.52 Å². The molecule has 1 unspecified atom stereocenters. The van der Waals surface area contributed by atoms with Crippen LogP contribution in [0.2, 0.25) is 0 Å². The summed E-state index contributed by atoms with van der Waals surface area (Å²) < 4.78 is 5.21. The van der Waals surface area contributed by atoms with Crippen molar-refractivity contribution < 1.29 is 9.63 Å². The van der Waals surface area contributed by atoms with Crippen LogP contribution < -0.4 is 0 Å². The van der Waals surface area contributed by atoms with Crippen molar-refractivity contribution in [3.63, 3.8) is 0 Å². The van der Waals surface area contributed by atoms with Crippen LogP contribution in [0.15, 0.2) is 10.6 Å². The maximum atomic E-state index is 9.40. The van der Waals surface area contributed by atoms with Gasteiger partial charge in [0.25, 0.3) is 5.89 Å². The van der Waals surface area contributed by atoms with Crippen molar-refractivity contribution in [1.29, 1.82) is 0 Å². The van der Waals surface area contributed by atoms with Crippen LogP contribution in [-0.4, -0.2) is 15.2 Å². The Balaban J connectivity index is 1.92. The quantitative estimate of drug-likeness (QED) is 0.847. The molecule has 3 rings (SSSR count). The molecule has 0 saturated heterocycles. The summed E-state index contributed by atoms with van der Waals surface area (Å²) in [5.41, 5.74) is 1.43. The molecule has 0 saturated carbocycles. The number of hydrogen-bond acceptors (Lipinski definition) is 5. The van der Waals surface area contributed by atoms with Gasteiger partial charge in [-0.1, -0.05) is 11.6 Å². The zero-order valence-corrected chi connectivity index (χ0v) is 11.2. The van der Waals surface area contributed by atoms with Gasteiger partial charge in [-0.05, 0) is 44.2 Å². The summed E-state index contributed by atoms with van der Waals surface area (Å²) in [5, 5.41) is 13.2. The van der Waals surface area contributed by atoms with E-state index in [-0.39, 0.29) is 0 Å². The van der Waals surface area contributed by atoms with Crippen LogP contribution in [0.4, 0.5) is 0 Å². The van der Waals surface area contributed by atoms with Gasteiger partial charge in [-0.15, -0.1) is 11.3 Å². The van der Waals surface area contributed by atoms with Gasteiger partial charge in [-0.2, -0.15) is 4.98 Å². The van der Waals surface area contributed by atoms with E-state index in [2.05, 4.69) is 16.2 Å². The Kier molecular flexibility index (Phi) is 3.18. The minimum absolute atomic E-state index is 0.355. The molecule has 2 heterocycles. The van der Waals surface area contributed by atoms with Gasteiger partial charge < -0.3 is 9.63 Å². The van der Waals surface area contributed by atoms with Gasteiger partial charge in [-0.3, -0.25) is 0 Å². The fraction of sp³-hybridized carbons (Fsp3) is 0.538. The summed E-state index contributed by atoms with van der Waals surface area (Å²) in [7, 11) is 0. The van der Waals surface area contributed by atoms with Gasteiger partial charge in [0, 0.05) is 4.88 Å². The summed E-state index contributed by atoms with van der Waals surface area (Å²) in [6.07, 6.45) is 5.51. The summed E-state index contributed by atoms with van der Waals surface area (Å²) >= 11 is 1.75. The number of aryl methyl sites for hydroxylation is 2. The third-order valence-electron chi connectivity index (χ3n) is 3.27. The van der Waals surface area contributed by atoms with E-state index in [1.165, 1.54) is 29.7 Å². The highest BCUT2D eigenvalue weighted by molar-refractivity contribution is 7.15. The summed E-state index contributed by atoms with van der Waals surface area (Å²) in [6.45, 7) is 1.64. The van der Waals surface area contributed by atoms with Crippen molar-refractivity contribution in [2.45, 2.75) is 45.1 Å². The fourth-order valence-corrected chi connectivity index (χ4v) is 3.45. The minimum atomic E-state index is -0.680. The molecule has 0 bridgehead atoms. The third-order valence-corrected chi connectivity index (χ3v) is 4.50. The number of aliphatic hydroxyl groups is 1. The highest BCUT2D eigenvalue weighted by Gasteiger charge is 2.18. The van der Waals surface area contributed by atoms with Gasteiger partial charge >= 0.3 is 0 Å². The van der Waals surface area contributed by atoms with Crippen molar-refractivity contribution in [3.05, 3.63) is 22.3 Å². The molecule has 5 heteroatoms. The van der Waals surface area contributed by atoms with Crippen molar-refractivity contribution in [2.75, 3.05) is 0 Å². The van der Waals surface area contributed by atoms with Gasteiger partial charge in [-0.25, -0.2) is 0 Å². The second-order valence-electron chi connectivity index (χ2n) is 4.75. The molecule has 0 fully saturated rings. The van der Waals surface area contributed by atoms with E-state index in [1.54, 1.807) is 18.3 Å². The number of hydrogen-bond donors (Lipinski definition) is 1. The van der Waals surface area contributed by atoms with Crippen molar-refractivity contribution >= 4 is 11.3 Å². The van der Waals surface area contributed by atoms with Crippen molar-refractivity contribution in [2.24, 2.45) is 0 Å². The molecule has 0 radical (unpaired) electrons. The fourth-order valence-electron chi connectivity index (χ4n) is 2.28. The molecule has 1 N–H and O–H groups in total. The Bertz CT molecular complexity index is 521. The first-order valence-electron chi connectivity index (χ1n) is 6.37. The molecule has 0 aliphatic heterocycles. The van der Waals surface area contributed by atoms with Gasteiger partial charge in [0.1, 0.15) is 6.10 Å². The zero-order valence-electron chi connectivity index (χ0n) is 10.3. The first kappa shape index (κ1) is 11.9. The Hall–Kier alpha value is -1.20. The normalized spacial score (nSPS) is 17.2. The molecule has 0 amide bonds. The Morgan fingerprint density at radius 2 is 2.17 bits per heavy atom. The second-order valence-corrected chi connectivity index (χ2v) is 5.89. The standard InChI is InChI=1S/C13H16N2O2S/c1-8(16)12-14-13(17-15-12)11-7-9-5-3-2-4-6-10(9)18-11/h7-8,16H,2-6H2,1H3. The molecule has 1 aliphatic carbocycles. The van der Waals surface area contributed by atoms with E-state index < -0.39 is 6.10 Å². The Morgan fingerprint density at radius 3 is 2.94 bits per heavy atom. The topological polar surface area (TPSA) is 59.2 Å². The number of rotatable bonds is 2. The molecular formula is C13H16N2O2S. The molecule has 18 heavy (non-hydrogen) atoms. The summed E-state index contributed by atoms with van der Waals surface area (Å²) in [6, 6.07) is 2.17. The first-order chi connectivity index (χ1) is 8.74. The zero-order chi connectivity index (χ0) is 12.5. The third kappa shape index (κ3) is 2.20. The van der Waals surface area contributed by atoms with Gasteiger partial charge in [0.05, 0.1) is 4.88 Å². The van der Waals surface area contributed by atoms with Crippen LogP contribution in [-0.2, 0) is 12.8 Å². The number of fused-ring (bicyclic) bond motifs is 1. The molecule has 2 aromatic heterocycles. The van der Waals surface area contributed by atoms with Crippen LogP contribution in [0.3, 0.4) is 0 Å². The van der Waals surface area contributed by atoms with E-state index in [1.807, 2.05) is 0 Å². The highest BCUT2D eigenvalue weighted by atomic mass is 32.1. The lowest BCUT2D eigenvalue weighted by molar-refractivity contribution is 0.184. The van der Waals surface area contributed by atoms with E-state index >= 15 is 0 Å². The molecule has 96 valence electrons. The van der Waals surface area contributed by atoms with E-state index in [9.17, 15) is 5.11 Å². The van der Waals surface area contributed by atoms with Crippen LogP contribution in [0, 0.1) is 0 Å². The molecule has 0 spiro atoms. The van der Waals surface area contributed by atoms with Crippen LogP contribution in [0.5, 0.6) is 0 Å². The highest BCUT2D eigenvalue weighted by Crippen LogP contribution is 2.34. The minimum Gasteiger partial charge on any atom is -0.385 e. The van der Waals surface area contributed by atoms with Gasteiger partial charge in [0.2, 0.25) is 0 Å². The van der Waals surface area contributed by atoms with Crippen LogP contribution in [0.25, 0.3) is 10.8 Å². The SMILES string of the molecule is CC(O)c1noc(-c2cc3c(s2)CCCCC3)n1. The largest absolute Gasteiger partial charge is 0.385 e. The van der Waals surface area contributed by atoms with E-state index in [0.717, 1.165) is 17.7 Å². The van der Waals surface area contributed by atoms with Crippen molar-refractivity contribution in [1.82, 2.24) is 10.1 Å². The number of thiophene rings is 1. The Labute approximate surface area is 110 Å². The number of aromatic nitrogens is 2. The number of aliphatic hydroxyl groups excluding tert-OH is 1. The molecular weight excluding hydrogens is 248 g/mol.